The fourth-order valence-corrected chi connectivity index (χ4v) is 3.74. The summed E-state index contributed by atoms with van der Waals surface area (Å²) in [4.78, 5) is 14.7. The van der Waals surface area contributed by atoms with E-state index in [1.54, 1.807) is 10.7 Å². The van der Waals surface area contributed by atoms with Crippen LogP contribution in [-0.4, -0.2) is 33.8 Å². The van der Waals surface area contributed by atoms with Gasteiger partial charge in [-0.15, -0.1) is 0 Å². The second kappa shape index (κ2) is 9.43. The number of hydrogen-bond acceptors (Lipinski definition) is 3. The zero-order valence-corrected chi connectivity index (χ0v) is 18.6. The Bertz CT molecular complexity index is 1050. The van der Waals surface area contributed by atoms with Crippen molar-refractivity contribution in [1.82, 2.24) is 20.0 Å². The Kier molecular flexibility index (Phi) is 6.47. The largest absolute Gasteiger partial charge is 0.437 e. The summed E-state index contributed by atoms with van der Waals surface area (Å²) in [6, 6.07) is 17.3. The summed E-state index contributed by atoms with van der Waals surface area (Å²) in [5.74, 6) is 1.70. The lowest BCUT2D eigenvalue weighted by Crippen LogP contribution is -2.40. The number of para-hydroxylation sites is 1. The molecule has 2 amide bonds. The molecule has 0 unspecified atom stereocenters. The summed E-state index contributed by atoms with van der Waals surface area (Å²) >= 11 is 6.35. The van der Waals surface area contributed by atoms with Crippen molar-refractivity contribution >= 4 is 17.6 Å². The third kappa shape index (κ3) is 5.02. The van der Waals surface area contributed by atoms with Gasteiger partial charge in [0.15, 0.2) is 0 Å². The summed E-state index contributed by atoms with van der Waals surface area (Å²) < 4.78 is 7.96. The topological polar surface area (TPSA) is 59.4 Å². The van der Waals surface area contributed by atoms with Gasteiger partial charge in [-0.2, -0.15) is 5.10 Å². The van der Waals surface area contributed by atoms with Crippen LogP contribution in [0.15, 0.2) is 54.6 Å². The van der Waals surface area contributed by atoms with Crippen LogP contribution in [0.5, 0.6) is 11.6 Å². The van der Waals surface area contributed by atoms with Crippen molar-refractivity contribution in [2.24, 2.45) is 13.0 Å². The molecule has 0 spiro atoms. The van der Waals surface area contributed by atoms with Crippen LogP contribution in [0.4, 0.5) is 4.79 Å². The molecule has 0 saturated heterocycles. The molecule has 0 radical (unpaired) electrons. The van der Waals surface area contributed by atoms with E-state index in [2.05, 4.69) is 5.32 Å². The summed E-state index contributed by atoms with van der Waals surface area (Å²) in [6.45, 7) is 3.64. The molecule has 3 aromatic rings. The number of nitrogens with one attached hydrogen (secondary N) is 1. The minimum absolute atomic E-state index is 0.0686. The number of carbonyl (C=O) groups is 1. The number of halogens is 1. The minimum atomic E-state index is -0.0686. The van der Waals surface area contributed by atoms with Crippen LogP contribution in [0.3, 0.4) is 0 Å². The highest BCUT2D eigenvalue weighted by Crippen LogP contribution is 2.37. The van der Waals surface area contributed by atoms with E-state index in [1.165, 1.54) is 0 Å². The highest BCUT2D eigenvalue weighted by molar-refractivity contribution is 6.32. The van der Waals surface area contributed by atoms with E-state index in [4.69, 9.17) is 21.4 Å². The quantitative estimate of drug-likeness (QED) is 0.507. The highest BCUT2D eigenvalue weighted by atomic mass is 35.5. The van der Waals surface area contributed by atoms with E-state index < -0.39 is 0 Å². The second-order valence-corrected chi connectivity index (χ2v) is 8.22. The van der Waals surface area contributed by atoms with E-state index in [0.717, 1.165) is 36.2 Å². The summed E-state index contributed by atoms with van der Waals surface area (Å²) in [6.07, 6.45) is 2.33. The molecule has 31 heavy (non-hydrogen) atoms. The number of aromatic nitrogens is 2. The van der Waals surface area contributed by atoms with Gasteiger partial charge in [0, 0.05) is 25.7 Å². The first kappa shape index (κ1) is 21.2. The number of hydrogen-bond donors (Lipinski definition) is 1. The van der Waals surface area contributed by atoms with Crippen molar-refractivity contribution in [3.05, 3.63) is 65.2 Å². The van der Waals surface area contributed by atoms with Gasteiger partial charge >= 0.3 is 6.03 Å². The van der Waals surface area contributed by atoms with Crippen molar-refractivity contribution in [1.29, 1.82) is 0 Å². The fourth-order valence-electron chi connectivity index (χ4n) is 3.57. The number of nitrogens with zero attached hydrogens (tertiary/aromatic N) is 3. The SMILES string of the molecule is CCNC(=O)N(Cc1c(-c2ccccc2)nn(C)c1Oc1ccccc1Cl)CC1CC1. The van der Waals surface area contributed by atoms with Crippen molar-refractivity contribution in [2.45, 2.75) is 26.3 Å². The number of ether oxygens (including phenoxy) is 1. The van der Waals surface area contributed by atoms with E-state index in [-0.39, 0.29) is 6.03 Å². The van der Waals surface area contributed by atoms with Crippen molar-refractivity contribution in [2.75, 3.05) is 13.1 Å². The Labute approximate surface area is 187 Å². The molecule has 1 heterocycles. The molecule has 1 saturated carbocycles. The lowest BCUT2D eigenvalue weighted by atomic mass is 10.1. The molecule has 1 fully saturated rings. The van der Waals surface area contributed by atoms with Crippen LogP contribution in [0.2, 0.25) is 5.02 Å². The smallest absolute Gasteiger partial charge is 0.317 e. The first-order chi connectivity index (χ1) is 15.1. The lowest BCUT2D eigenvalue weighted by molar-refractivity contribution is 0.192. The normalized spacial score (nSPS) is 13.1. The average molecular weight is 439 g/mol. The summed E-state index contributed by atoms with van der Waals surface area (Å²) in [5.41, 5.74) is 2.64. The number of aryl methyl sites for hydroxylation is 1. The number of amides is 2. The Morgan fingerprint density at radius 3 is 2.58 bits per heavy atom. The monoisotopic (exact) mass is 438 g/mol. The summed E-state index contributed by atoms with van der Waals surface area (Å²) in [7, 11) is 1.85. The van der Waals surface area contributed by atoms with Crippen LogP contribution < -0.4 is 10.1 Å². The van der Waals surface area contributed by atoms with Gasteiger partial charge in [0.25, 0.3) is 0 Å². The van der Waals surface area contributed by atoms with Gasteiger partial charge in [0.1, 0.15) is 11.4 Å². The van der Waals surface area contributed by atoms with Crippen molar-refractivity contribution in [3.63, 3.8) is 0 Å². The predicted molar refractivity (Wildman–Crippen MR) is 122 cm³/mol. The summed E-state index contributed by atoms with van der Waals surface area (Å²) in [5, 5.41) is 8.21. The molecule has 2 aromatic carbocycles. The zero-order valence-electron chi connectivity index (χ0n) is 17.8. The highest BCUT2D eigenvalue weighted by Gasteiger charge is 2.30. The molecule has 1 aliphatic rings. The number of benzene rings is 2. The molecule has 162 valence electrons. The maximum Gasteiger partial charge on any atom is 0.317 e. The third-order valence-corrected chi connectivity index (χ3v) is 5.63. The maximum atomic E-state index is 12.8. The van der Waals surface area contributed by atoms with E-state index in [0.29, 0.717) is 35.7 Å². The molecule has 7 heteroatoms. The minimum Gasteiger partial charge on any atom is -0.437 e. The Balaban J connectivity index is 1.75. The van der Waals surface area contributed by atoms with Gasteiger partial charge in [-0.3, -0.25) is 0 Å². The Hall–Kier alpha value is -2.99. The van der Waals surface area contributed by atoms with Gasteiger partial charge in [-0.1, -0.05) is 54.1 Å². The molecule has 4 rings (SSSR count). The van der Waals surface area contributed by atoms with Crippen LogP contribution >= 0.6 is 11.6 Å². The van der Waals surface area contributed by atoms with E-state index in [1.807, 2.05) is 67.4 Å². The molecular formula is C24H27ClN4O2. The number of carbonyl (C=O) groups excluding carboxylic acids is 1. The van der Waals surface area contributed by atoms with Crippen LogP contribution in [0.1, 0.15) is 25.3 Å². The van der Waals surface area contributed by atoms with Crippen LogP contribution in [-0.2, 0) is 13.6 Å². The van der Waals surface area contributed by atoms with Gasteiger partial charge in [0.05, 0.1) is 17.1 Å². The van der Waals surface area contributed by atoms with Crippen LogP contribution in [0.25, 0.3) is 11.3 Å². The Morgan fingerprint density at radius 1 is 1.19 bits per heavy atom. The Morgan fingerprint density at radius 2 is 1.90 bits per heavy atom. The number of rotatable bonds is 8. The zero-order chi connectivity index (χ0) is 21.8. The van der Waals surface area contributed by atoms with Crippen LogP contribution in [0, 0.1) is 5.92 Å². The molecule has 1 aliphatic carbocycles. The molecular weight excluding hydrogens is 412 g/mol. The van der Waals surface area contributed by atoms with E-state index >= 15 is 0 Å². The maximum absolute atomic E-state index is 12.8. The first-order valence-electron chi connectivity index (χ1n) is 10.6. The molecule has 0 aliphatic heterocycles. The molecule has 6 nitrogen and oxygen atoms in total. The lowest BCUT2D eigenvalue weighted by Gasteiger charge is -2.23. The number of urea groups is 1. The second-order valence-electron chi connectivity index (χ2n) is 7.81. The van der Waals surface area contributed by atoms with Crippen molar-refractivity contribution in [3.8, 4) is 22.9 Å². The van der Waals surface area contributed by atoms with E-state index in [9.17, 15) is 4.79 Å². The van der Waals surface area contributed by atoms with Gasteiger partial charge < -0.3 is 15.0 Å². The average Bonchev–Trinajstić information content (AvgIpc) is 3.54. The fraction of sp³-hybridized carbons (Fsp3) is 0.333. The first-order valence-corrected chi connectivity index (χ1v) is 11.0. The molecule has 1 N–H and O–H groups in total. The van der Waals surface area contributed by atoms with Gasteiger partial charge in [-0.25, -0.2) is 9.48 Å². The molecule has 0 bridgehead atoms. The van der Waals surface area contributed by atoms with Gasteiger partial charge in [0.2, 0.25) is 5.88 Å². The van der Waals surface area contributed by atoms with Gasteiger partial charge in [-0.05, 0) is 37.8 Å². The molecule has 0 atom stereocenters. The standard InChI is InChI=1S/C24H27ClN4O2/c1-3-26-24(30)29(15-17-13-14-17)16-19-22(18-9-5-4-6-10-18)27-28(2)23(19)31-21-12-8-7-11-20(21)25/h4-12,17H,3,13-16H2,1-2H3,(H,26,30). The van der Waals surface area contributed by atoms with Crippen molar-refractivity contribution < 1.29 is 9.53 Å². The third-order valence-electron chi connectivity index (χ3n) is 5.32. The predicted octanol–water partition coefficient (Wildman–Crippen LogP) is 5.47. The molecule has 1 aromatic heterocycles.